The minimum atomic E-state index is -5.12. The van der Waals surface area contributed by atoms with Crippen molar-refractivity contribution < 1.29 is 35.9 Å². The van der Waals surface area contributed by atoms with Crippen LogP contribution in [0.15, 0.2) is 42.5 Å². The monoisotopic (exact) mass is 428 g/mol. The molecule has 2 rings (SSSR count). The van der Waals surface area contributed by atoms with E-state index in [0.717, 1.165) is 4.90 Å². The summed E-state index contributed by atoms with van der Waals surface area (Å²) in [6.07, 6.45) is -4.95. The summed E-state index contributed by atoms with van der Waals surface area (Å²) in [6.45, 7) is -0.652. The first-order chi connectivity index (χ1) is 13.9. The zero-order valence-corrected chi connectivity index (χ0v) is 15.4. The van der Waals surface area contributed by atoms with Gasteiger partial charge in [0.25, 0.3) is 5.91 Å². The third-order valence-corrected chi connectivity index (χ3v) is 3.98. The van der Waals surface area contributed by atoms with E-state index in [1.54, 1.807) is 0 Å². The first-order valence-electron chi connectivity index (χ1n) is 8.25. The molecule has 0 aliphatic rings. The van der Waals surface area contributed by atoms with Crippen molar-refractivity contribution in [3.8, 4) is 12.3 Å². The van der Waals surface area contributed by atoms with Crippen LogP contribution in [0.3, 0.4) is 0 Å². The molecule has 1 N–H and O–H groups in total. The molecule has 0 fully saturated rings. The average Bonchev–Trinajstić information content (AvgIpc) is 2.69. The molecule has 0 spiro atoms. The lowest BCUT2D eigenvalue weighted by Gasteiger charge is -2.23. The molecular weight excluding hydrogens is 414 g/mol. The molecule has 30 heavy (non-hydrogen) atoms. The van der Waals surface area contributed by atoms with Crippen LogP contribution in [0.1, 0.15) is 27.0 Å². The van der Waals surface area contributed by atoms with Gasteiger partial charge < -0.3 is 5.32 Å². The fourth-order valence-electron chi connectivity index (χ4n) is 2.50. The molecule has 2 amide bonds. The summed E-state index contributed by atoms with van der Waals surface area (Å²) >= 11 is 0. The first-order valence-corrected chi connectivity index (χ1v) is 8.25. The van der Waals surface area contributed by atoms with Crippen LogP contribution in [-0.4, -0.2) is 25.4 Å². The Morgan fingerprint density at radius 1 is 1.00 bits per heavy atom. The van der Waals surface area contributed by atoms with E-state index in [0.29, 0.717) is 17.7 Å². The van der Waals surface area contributed by atoms with E-state index in [-0.39, 0.29) is 11.8 Å². The molecule has 0 aliphatic heterocycles. The van der Waals surface area contributed by atoms with Crippen LogP contribution in [0.25, 0.3) is 0 Å². The zero-order valence-electron chi connectivity index (χ0n) is 15.4. The van der Waals surface area contributed by atoms with Crippen LogP contribution >= 0.6 is 0 Å². The van der Waals surface area contributed by atoms with Gasteiger partial charge in [0.2, 0.25) is 5.91 Å². The van der Waals surface area contributed by atoms with Crippen molar-refractivity contribution in [1.82, 2.24) is 5.32 Å². The summed E-state index contributed by atoms with van der Waals surface area (Å²) in [4.78, 5) is 25.5. The summed E-state index contributed by atoms with van der Waals surface area (Å²) in [6, 6.07) is 6.11. The van der Waals surface area contributed by atoms with E-state index in [9.17, 15) is 35.9 Å². The van der Waals surface area contributed by atoms with Crippen molar-refractivity contribution in [2.75, 3.05) is 18.5 Å². The molecule has 0 aromatic heterocycles. The van der Waals surface area contributed by atoms with E-state index >= 15 is 0 Å². The number of nitrogens with one attached hydrogen (secondary N) is 1. The lowest BCUT2D eigenvalue weighted by molar-refractivity contribution is -0.143. The second-order valence-electron chi connectivity index (χ2n) is 6.05. The molecule has 0 radical (unpaired) electrons. The second-order valence-corrected chi connectivity index (χ2v) is 6.05. The van der Waals surface area contributed by atoms with Gasteiger partial charge >= 0.3 is 12.4 Å². The zero-order chi connectivity index (χ0) is 22.7. The minimum absolute atomic E-state index is 0.0324. The van der Waals surface area contributed by atoms with Gasteiger partial charge in [0, 0.05) is 23.9 Å². The van der Waals surface area contributed by atoms with Gasteiger partial charge in [-0.2, -0.15) is 26.3 Å². The summed E-state index contributed by atoms with van der Waals surface area (Å²) in [5.41, 5.74) is -3.84. The van der Waals surface area contributed by atoms with Crippen molar-refractivity contribution >= 4 is 17.5 Å². The molecule has 0 atom stereocenters. The van der Waals surface area contributed by atoms with Gasteiger partial charge in [-0.25, -0.2) is 0 Å². The van der Waals surface area contributed by atoms with Crippen molar-refractivity contribution in [2.24, 2.45) is 0 Å². The number of carbonyl (C=O) groups excluding carboxylic acids is 2. The highest BCUT2D eigenvalue weighted by Crippen LogP contribution is 2.36. The molecule has 0 heterocycles. The molecule has 158 valence electrons. The molecule has 2 aromatic carbocycles. The van der Waals surface area contributed by atoms with Crippen LogP contribution in [0, 0.1) is 12.3 Å². The van der Waals surface area contributed by atoms with E-state index in [1.165, 1.54) is 31.3 Å². The summed E-state index contributed by atoms with van der Waals surface area (Å²) in [5.74, 6) is 0.361. The maximum Gasteiger partial charge on any atom is 0.416 e. The Morgan fingerprint density at radius 2 is 1.57 bits per heavy atom. The molecule has 2 aromatic rings. The number of alkyl halides is 6. The number of carbonyl (C=O) groups is 2. The van der Waals surface area contributed by atoms with Crippen molar-refractivity contribution in [1.29, 1.82) is 0 Å². The van der Waals surface area contributed by atoms with Crippen molar-refractivity contribution in [2.45, 2.75) is 12.4 Å². The largest absolute Gasteiger partial charge is 0.416 e. The first kappa shape index (κ1) is 22.8. The molecular formula is C20H14F6N2O2. The Hall–Kier alpha value is -3.48. The smallest absolute Gasteiger partial charge is 0.358 e. The maximum absolute atomic E-state index is 13.1. The molecule has 0 bridgehead atoms. The number of hydrogen-bond acceptors (Lipinski definition) is 2. The quantitative estimate of drug-likeness (QED) is 0.589. The number of likely N-dealkylation sites (N-methyl/N-ethyl adjacent to an activating group) is 1. The topological polar surface area (TPSA) is 49.4 Å². The predicted molar refractivity (Wildman–Crippen MR) is 96.6 cm³/mol. The Balaban J connectivity index is 2.64. The van der Waals surface area contributed by atoms with Crippen LogP contribution < -0.4 is 10.2 Å². The molecule has 10 heteroatoms. The molecule has 0 aliphatic carbocycles. The third kappa shape index (κ3) is 5.31. The Bertz CT molecular complexity index is 973. The fraction of sp³-hybridized carbons (Fsp3) is 0.200. The van der Waals surface area contributed by atoms with Gasteiger partial charge in [-0.1, -0.05) is 12.0 Å². The Labute approximate surface area is 167 Å². The number of terminal acetylenes is 1. The van der Waals surface area contributed by atoms with Gasteiger partial charge in [0.15, 0.2) is 0 Å². The maximum atomic E-state index is 13.1. The highest BCUT2D eigenvalue weighted by atomic mass is 19.4. The number of rotatable bonds is 4. The van der Waals surface area contributed by atoms with Crippen LogP contribution in [0.2, 0.25) is 0 Å². The number of halogens is 6. The van der Waals surface area contributed by atoms with Gasteiger partial charge in [-0.15, -0.1) is 6.42 Å². The summed E-state index contributed by atoms with van der Waals surface area (Å²) in [5, 5.41) is 2.24. The van der Waals surface area contributed by atoms with Gasteiger partial charge in [-0.3, -0.25) is 14.5 Å². The fourth-order valence-corrected chi connectivity index (χ4v) is 2.50. The van der Waals surface area contributed by atoms with Crippen molar-refractivity contribution in [3.05, 3.63) is 64.7 Å². The minimum Gasteiger partial charge on any atom is -0.358 e. The van der Waals surface area contributed by atoms with Crippen molar-refractivity contribution in [3.63, 3.8) is 0 Å². The highest BCUT2D eigenvalue weighted by molar-refractivity contribution is 6.09. The summed E-state index contributed by atoms with van der Waals surface area (Å²) in [7, 11) is 1.26. The molecule has 0 unspecified atom stereocenters. The van der Waals surface area contributed by atoms with Gasteiger partial charge in [-0.05, 0) is 36.4 Å². The Kier molecular flexibility index (Phi) is 6.45. The van der Waals surface area contributed by atoms with E-state index in [2.05, 4.69) is 11.2 Å². The van der Waals surface area contributed by atoms with E-state index < -0.39 is 47.4 Å². The second kappa shape index (κ2) is 8.49. The summed E-state index contributed by atoms with van der Waals surface area (Å²) < 4.78 is 78.7. The molecule has 0 saturated carbocycles. The SMILES string of the molecule is C#Cc1cccc(N(CC(=O)NC)C(=O)c2cc(C(F)(F)F)cc(C(F)(F)F)c2)c1. The average molecular weight is 428 g/mol. The van der Waals surface area contributed by atoms with Gasteiger partial charge in [0.05, 0.1) is 11.1 Å². The lowest BCUT2D eigenvalue weighted by atomic mass is 10.0. The van der Waals surface area contributed by atoms with Crippen LogP contribution in [-0.2, 0) is 17.1 Å². The number of amides is 2. The Morgan fingerprint density at radius 3 is 2.03 bits per heavy atom. The van der Waals surface area contributed by atoms with Crippen LogP contribution in [0.5, 0.6) is 0 Å². The number of anilines is 1. The number of nitrogens with zero attached hydrogens (tertiary/aromatic N) is 1. The third-order valence-electron chi connectivity index (χ3n) is 3.98. The molecule has 0 saturated heterocycles. The van der Waals surface area contributed by atoms with Gasteiger partial charge in [0.1, 0.15) is 6.54 Å². The van der Waals surface area contributed by atoms with E-state index in [1.807, 2.05) is 0 Å². The standard InChI is InChI=1S/C20H14F6N2O2/c1-3-12-5-4-6-16(7-12)28(11-17(29)27-2)18(30)13-8-14(19(21,22)23)10-15(9-13)20(24,25)26/h1,4-10H,11H2,2H3,(H,27,29). The van der Waals surface area contributed by atoms with E-state index in [4.69, 9.17) is 6.42 Å². The number of hydrogen-bond donors (Lipinski definition) is 1. The normalized spacial score (nSPS) is 11.5. The molecule has 4 nitrogen and oxygen atoms in total. The highest BCUT2D eigenvalue weighted by Gasteiger charge is 2.38. The number of benzene rings is 2. The lowest BCUT2D eigenvalue weighted by Crippen LogP contribution is -2.40. The van der Waals surface area contributed by atoms with Crippen LogP contribution in [0.4, 0.5) is 32.0 Å². The predicted octanol–water partition coefficient (Wildman–Crippen LogP) is 4.10.